The van der Waals surface area contributed by atoms with Gasteiger partial charge >= 0.3 is 0 Å². The van der Waals surface area contributed by atoms with Crippen molar-refractivity contribution in [2.45, 2.75) is 54.4 Å². The number of hydrogen-bond donors (Lipinski definition) is 0. The van der Waals surface area contributed by atoms with Crippen molar-refractivity contribution in [3.63, 3.8) is 0 Å². The van der Waals surface area contributed by atoms with Crippen LogP contribution < -0.4 is 0 Å². The Morgan fingerprint density at radius 2 is 1.23 bits per heavy atom. The van der Waals surface area contributed by atoms with E-state index in [1.165, 1.54) is 0 Å². The number of carbonyl (C=O) groups is 1. The van der Waals surface area contributed by atoms with Gasteiger partial charge < -0.3 is 8.83 Å². The number of Topliss-reactive ketones (excluding diaryl/α,β-unsaturated/α-hetero) is 1. The highest BCUT2D eigenvalue weighted by Gasteiger charge is 2.40. The first kappa shape index (κ1) is 16.6. The van der Waals surface area contributed by atoms with Crippen LogP contribution in [-0.2, 0) is 17.6 Å². The van der Waals surface area contributed by atoms with Gasteiger partial charge in [0.05, 0.1) is 12.5 Å². The lowest BCUT2D eigenvalue weighted by atomic mass is 9.70. The Labute approximate surface area is 132 Å². The molecular weight excluding hydrogens is 276 g/mol. The molecule has 120 valence electrons. The van der Waals surface area contributed by atoms with Crippen molar-refractivity contribution in [1.82, 2.24) is 0 Å². The summed E-state index contributed by atoms with van der Waals surface area (Å²) in [6.45, 7) is 11.9. The van der Waals surface area contributed by atoms with Crippen LogP contribution >= 0.6 is 0 Å². The number of furan rings is 2. The van der Waals surface area contributed by atoms with Crippen LogP contribution in [0.25, 0.3) is 0 Å². The second-order valence-corrected chi connectivity index (χ2v) is 7.63. The van der Waals surface area contributed by atoms with E-state index in [-0.39, 0.29) is 5.78 Å². The number of ketones is 1. The summed E-state index contributed by atoms with van der Waals surface area (Å²) in [7, 11) is 0. The molecule has 0 aromatic carbocycles. The molecule has 0 fully saturated rings. The summed E-state index contributed by atoms with van der Waals surface area (Å²) in [5.41, 5.74) is 1.22. The summed E-state index contributed by atoms with van der Waals surface area (Å²) in [5, 5.41) is 0. The van der Waals surface area contributed by atoms with Crippen LogP contribution in [0.3, 0.4) is 0 Å². The molecule has 0 aliphatic carbocycles. The summed E-state index contributed by atoms with van der Waals surface area (Å²) in [5.74, 6) is 1.95. The molecule has 0 radical (unpaired) electrons. The molecule has 2 rings (SSSR count). The molecular formula is C19H26O3. The predicted octanol–water partition coefficient (Wildman–Crippen LogP) is 4.90. The Kier molecular flexibility index (Phi) is 4.37. The fraction of sp³-hybridized carbons (Fsp3) is 0.526. The second-order valence-electron chi connectivity index (χ2n) is 7.63. The maximum Gasteiger partial charge on any atom is 0.144 e. The predicted molar refractivity (Wildman–Crippen MR) is 86.9 cm³/mol. The van der Waals surface area contributed by atoms with Crippen molar-refractivity contribution in [3.8, 4) is 0 Å². The second kappa shape index (κ2) is 5.79. The highest BCUT2D eigenvalue weighted by atomic mass is 16.3. The van der Waals surface area contributed by atoms with Gasteiger partial charge in [-0.25, -0.2) is 0 Å². The molecule has 0 N–H and O–H groups in total. The smallest absolute Gasteiger partial charge is 0.144 e. The lowest BCUT2D eigenvalue weighted by molar-refractivity contribution is -0.136. The standard InChI is InChI=1S/C19H26O3/c1-13-7-15(21-11-13)9-18(3,4)17(20)19(5,6)10-16-8-14(2)12-22-16/h7-8,11-12H,9-10H2,1-6H3. The van der Waals surface area contributed by atoms with Gasteiger partial charge in [0.2, 0.25) is 0 Å². The molecule has 3 heteroatoms. The van der Waals surface area contributed by atoms with E-state index >= 15 is 0 Å². The van der Waals surface area contributed by atoms with E-state index in [1.807, 2.05) is 53.7 Å². The number of rotatable bonds is 6. The molecule has 0 unspecified atom stereocenters. The van der Waals surface area contributed by atoms with Gasteiger partial charge in [-0.1, -0.05) is 27.7 Å². The van der Waals surface area contributed by atoms with Crippen molar-refractivity contribution in [2.24, 2.45) is 10.8 Å². The Morgan fingerprint density at radius 1 is 0.864 bits per heavy atom. The Morgan fingerprint density at radius 3 is 1.50 bits per heavy atom. The van der Waals surface area contributed by atoms with E-state index in [2.05, 4.69) is 0 Å². The molecule has 0 aliphatic rings. The molecule has 0 saturated carbocycles. The molecule has 0 aliphatic heterocycles. The fourth-order valence-electron chi connectivity index (χ4n) is 3.11. The first-order valence-electron chi connectivity index (χ1n) is 7.73. The van der Waals surface area contributed by atoms with Crippen LogP contribution in [0.4, 0.5) is 0 Å². The monoisotopic (exact) mass is 302 g/mol. The zero-order valence-corrected chi connectivity index (χ0v) is 14.4. The van der Waals surface area contributed by atoms with Crippen LogP contribution in [0.15, 0.2) is 33.5 Å². The topological polar surface area (TPSA) is 43.4 Å². The van der Waals surface area contributed by atoms with E-state index in [1.54, 1.807) is 12.5 Å². The zero-order valence-electron chi connectivity index (χ0n) is 14.4. The SMILES string of the molecule is Cc1coc(CC(C)(C)C(=O)C(C)(C)Cc2cc(C)co2)c1. The maximum atomic E-state index is 13.0. The van der Waals surface area contributed by atoms with Gasteiger partial charge in [0, 0.05) is 23.7 Å². The lowest BCUT2D eigenvalue weighted by Crippen LogP contribution is -2.39. The highest BCUT2D eigenvalue weighted by molar-refractivity contribution is 5.89. The minimum absolute atomic E-state index is 0.225. The van der Waals surface area contributed by atoms with Gasteiger partial charge in [-0.2, -0.15) is 0 Å². The molecule has 2 aromatic rings. The molecule has 0 amide bonds. The summed E-state index contributed by atoms with van der Waals surface area (Å²) in [6.07, 6.45) is 4.68. The molecule has 0 atom stereocenters. The first-order valence-corrected chi connectivity index (χ1v) is 7.73. The van der Waals surface area contributed by atoms with Gasteiger partial charge in [-0.3, -0.25) is 4.79 Å². The van der Waals surface area contributed by atoms with E-state index in [9.17, 15) is 4.79 Å². The molecule has 2 heterocycles. The molecule has 2 aromatic heterocycles. The average molecular weight is 302 g/mol. The average Bonchev–Trinajstić information content (AvgIpc) is 2.96. The van der Waals surface area contributed by atoms with Crippen molar-refractivity contribution in [2.75, 3.05) is 0 Å². The van der Waals surface area contributed by atoms with Crippen molar-refractivity contribution in [3.05, 3.63) is 47.3 Å². The Hall–Kier alpha value is -1.77. The molecule has 0 spiro atoms. The van der Waals surface area contributed by atoms with Crippen LogP contribution in [0.5, 0.6) is 0 Å². The maximum absolute atomic E-state index is 13.0. The third-order valence-corrected chi connectivity index (χ3v) is 4.03. The number of aryl methyl sites for hydroxylation is 2. The summed E-state index contributed by atoms with van der Waals surface area (Å²) >= 11 is 0. The Bertz CT molecular complexity index is 600. The number of hydrogen-bond acceptors (Lipinski definition) is 3. The van der Waals surface area contributed by atoms with Gasteiger partial charge in [-0.05, 0) is 37.1 Å². The molecule has 0 bridgehead atoms. The Balaban J connectivity index is 2.13. The molecule has 22 heavy (non-hydrogen) atoms. The summed E-state index contributed by atoms with van der Waals surface area (Å²) in [4.78, 5) is 13.0. The third-order valence-electron chi connectivity index (χ3n) is 4.03. The number of carbonyl (C=O) groups excluding carboxylic acids is 1. The first-order chi connectivity index (χ1) is 10.1. The van der Waals surface area contributed by atoms with E-state index in [0.29, 0.717) is 12.8 Å². The van der Waals surface area contributed by atoms with Crippen LogP contribution in [-0.4, -0.2) is 5.78 Å². The van der Waals surface area contributed by atoms with Crippen molar-refractivity contribution in [1.29, 1.82) is 0 Å². The van der Waals surface area contributed by atoms with E-state index in [0.717, 1.165) is 22.6 Å². The fourth-order valence-corrected chi connectivity index (χ4v) is 3.11. The van der Waals surface area contributed by atoms with E-state index < -0.39 is 10.8 Å². The van der Waals surface area contributed by atoms with Gasteiger partial charge in [-0.15, -0.1) is 0 Å². The lowest BCUT2D eigenvalue weighted by Gasteiger charge is -2.32. The minimum Gasteiger partial charge on any atom is -0.469 e. The highest BCUT2D eigenvalue weighted by Crippen LogP contribution is 2.35. The largest absolute Gasteiger partial charge is 0.469 e. The van der Waals surface area contributed by atoms with Crippen LogP contribution in [0, 0.1) is 24.7 Å². The van der Waals surface area contributed by atoms with Crippen molar-refractivity contribution >= 4 is 5.78 Å². The summed E-state index contributed by atoms with van der Waals surface area (Å²) in [6, 6.07) is 4.00. The summed E-state index contributed by atoms with van der Waals surface area (Å²) < 4.78 is 11.0. The normalized spacial score (nSPS) is 12.6. The van der Waals surface area contributed by atoms with Gasteiger partial charge in [0.25, 0.3) is 0 Å². The van der Waals surface area contributed by atoms with Gasteiger partial charge in [0.1, 0.15) is 17.3 Å². The van der Waals surface area contributed by atoms with Crippen molar-refractivity contribution < 1.29 is 13.6 Å². The van der Waals surface area contributed by atoms with Gasteiger partial charge in [0.15, 0.2) is 0 Å². The van der Waals surface area contributed by atoms with Crippen LogP contribution in [0.2, 0.25) is 0 Å². The quantitative estimate of drug-likeness (QED) is 0.762. The van der Waals surface area contributed by atoms with Crippen LogP contribution in [0.1, 0.15) is 50.3 Å². The minimum atomic E-state index is -0.477. The third kappa shape index (κ3) is 3.70. The zero-order chi connectivity index (χ0) is 16.5. The molecule has 0 saturated heterocycles. The van der Waals surface area contributed by atoms with E-state index in [4.69, 9.17) is 8.83 Å². The molecule has 3 nitrogen and oxygen atoms in total.